The SMILES string of the molecule is CNCC(=O)NC(C(=O)N1Cc2cc(NC=O)ccc2CC1C(=O)NC1CCCc2ccccc21)C(C)(C)C. The van der Waals surface area contributed by atoms with Crippen molar-refractivity contribution >= 4 is 29.8 Å². The van der Waals surface area contributed by atoms with Crippen LogP contribution >= 0.6 is 0 Å². The molecule has 0 fully saturated rings. The van der Waals surface area contributed by atoms with Crippen molar-refractivity contribution in [1.29, 1.82) is 0 Å². The summed E-state index contributed by atoms with van der Waals surface area (Å²) >= 11 is 0. The fourth-order valence-electron chi connectivity index (χ4n) is 5.57. The Balaban J connectivity index is 1.66. The fraction of sp³-hybridized carbons (Fsp3) is 0.467. The highest BCUT2D eigenvalue weighted by Crippen LogP contribution is 2.32. The van der Waals surface area contributed by atoms with Gasteiger partial charge in [-0.2, -0.15) is 0 Å². The van der Waals surface area contributed by atoms with Crippen LogP contribution in [0.2, 0.25) is 0 Å². The highest BCUT2D eigenvalue weighted by atomic mass is 16.2. The van der Waals surface area contributed by atoms with E-state index in [0.29, 0.717) is 18.5 Å². The van der Waals surface area contributed by atoms with E-state index in [2.05, 4.69) is 33.4 Å². The summed E-state index contributed by atoms with van der Waals surface area (Å²) in [6.07, 6.45) is 3.75. The van der Waals surface area contributed by atoms with E-state index in [1.807, 2.05) is 45.0 Å². The number of anilines is 1. The van der Waals surface area contributed by atoms with Crippen LogP contribution in [0.4, 0.5) is 5.69 Å². The molecule has 2 aromatic rings. The number of nitrogens with one attached hydrogen (secondary N) is 4. The van der Waals surface area contributed by atoms with Gasteiger partial charge in [0.15, 0.2) is 0 Å². The van der Waals surface area contributed by atoms with Crippen LogP contribution in [0.3, 0.4) is 0 Å². The van der Waals surface area contributed by atoms with Gasteiger partial charge in [-0.15, -0.1) is 0 Å². The van der Waals surface area contributed by atoms with E-state index in [1.165, 1.54) is 5.56 Å². The van der Waals surface area contributed by atoms with Gasteiger partial charge in [0.1, 0.15) is 12.1 Å². The first-order chi connectivity index (χ1) is 18.6. The molecule has 0 bridgehead atoms. The predicted molar refractivity (Wildman–Crippen MR) is 150 cm³/mol. The van der Waals surface area contributed by atoms with Gasteiger partial charge in [0.25, 0.3) is 0 Å². The third-order valence-corrected chi connectivity index (χ3v) is 7.59. The summed E-state index contributed by atoms with van der Waals surface area (Å²) in [5.74, 6) is -0.809. The zero-order valence-electron chi connectivity index (χ0n) is 23.2. The molecule has 2 aromatic carbocycles. The Morgan fingerprint density at radius 2 is 1.85 bits per heavy atom. The number of carbonyl (C=O) groups is 4. The van der Waals surface area contributed by atoms with E-state index in [4.69, 9.17) is 0 Å². The minimum absolute atomic E-state index is 0.0778. The number of likely N-dealkylation sites (N-methyl/N-ethyl adjacent to an activating group) is 1. The average Bonchev–Trinajstić information content (AvgIpc) is 2.90. The van der Waals surface area contributed by atoms with Gasteiger partial charge in [-0.3, -0.25) is 19.2 Å². The van der Waals surface area contributed by atoms with Gasteiger partial charge in [-0.05, 0) is 66.1 Å². The van der Waals surface area contributed by atoms with Gasteiger partial charge in [0, 0.05) is 18.7 Å². The Hall–Kier alpha value is -3.72. The molecule has 2 aliphatic rings. The smallest absolute Gasteiger partial charge is 0.246 e. The lowest BCUT2D eigenvalue weighted by Gasteiger charge is -2.41. The topological polar surface area (TPSA) is 120 Å². The maximum Gasteiger partial charge on any atom is 0.246 e. The van der Waals surface area contributed by atoms with Crippen LogP contribution in [0.1, 0.15) is 61.9 Å². The minimum Gasteiger partial charge on any atom is -0.347 e. The second-order valence-corrected chi connectivity index (χ2v) is 11.5. The molecular weight excluding hydrogens is 494 g/mol. The average molecular weight is 534 g/mol. The summed E-state index contributed by atoms with van der Waals surface area (Å²) < 4.78 is 0. The van der Waals surface area contributed by atoms with Crippen molar-refractivity contribution < 1.29 is 19.2 Å². The van der Waals surface area contributed by atoms with E-state index in [9.17, 15) is 19.2 Å². The van der Waals surface area contributed by atoms with Crippen molar-refractivity contribution in [3.63, 3.8) is 0 Å². The van der Waals surface area contributed by atoms with E-state index in [-0.39, 0.29) is 36.9 Å². The molecule has 208 valence electrons. The second kappa shape index (κ2) is 12.0. The van der Waals surface area contributed by atoms with E-state index >= 15 is 0 Å². The minimum atomic E-state index is -0.832. The Labute approximate surface area is 230 Å². The summed E-state index contributed by atoms with van der Waals surface area (Å²) in [4.78, 5) is 53.2. The van der Waals surface area contributed by atoms with Crippen molar-refractivity contribution in [2.24, 2.45) is 5.41 Å². The zero-order valence-corrected chi connectivity index (χ0v) is 23.2. The van der Waals surface area contributed by atoms with Crippen LogP contribution < -0.4 is 21.3 Å². The standard InChI is InChI=1S/C30H39N5O4/c1-30(2,3)27(34-26(37)16-31-4)29(39)35-17-21-14-22(32-18-36)13-12-20(21)15-25(35)28(38)33-24-11-7-9-19-8-5-6-10-23(19)24/h5-6,8,10,12-14,18,24-25,27,31H,7,9,11,15-17H2,1-4H3,(H,32,36)(H,33,38)(H,34,37). The van der Waals surface area contributed by atoms with Crippen LogP contribution in [-0.4, -0.2) is 54.7 Å². The van der Waals surface area contributed by atoms with Crippen molar-refractivity contribution in [3.8, 4) is 0 Å². The molecule has 1 heterocycles. The zero-order chi connectivity index (χ0) is 28.2. The van der Waals surface area contributed by atoms with Crippen molar-refractivity contribution in [3.05, 3.63) is 64.7 Å². The first-order valence-corrected chi connectivity index (χ1v) is 13.6. The summed E-state index contributed by atoms with van der Waals surface area (Å²) in [6.45, 7) is 5.96. The summed E-state index contributed by atoms with van der Waals surface area (Å²) in [7, 11) is 1.67. The summed E-state index contributed by atoms with van der Waals surface area (Å²) in [6, 6.07) is 12.0. The van der Waals surface area contributed by atoms with Crippen LogP contribution in [-0.2, 0) is 38.6 Å². The highest BCUT2D eigenvalue weighted by Gasteiger charge is 2.42. The lowest BCUT2D eigenvalue weighted by Crippen LogP contribution is -2.61. The number of rotatable bonds is 8. The van der Waals surface area contributed by atoms with Gasteiger partial charge in [-0.1, -0.05) is 51.1 Å². The van der Waals surface area contributed by atoms with Gasteiger partial charge < -0.3 is 26.2 Å². The first-order valence-electron chi connectivity index (χ1n) is 13.6. The molecule has 39 heavy (non-hydrogen) atoms. The quantitative estimate of drug-likeness (QED) is 0.389. The molecule has 4 amide bonds. The normalized spacial score (nSPS) is 19.2. The lowest BCUT2D eigenvalue weighted by atomic mass is 9.83. The van der Waals surface area contributed by atoms with Crippen molar-refractivity contribution in [2.45, 2.75) is 71.1 Å². The van der Waals surface area contributed by atoms with Gasteiger partial charge >= 0.3 is 0 Å². The second-order valence-electron chi connectivity index (χ2n) is 11.5. The molecule has 0 radical (unpaired) electrons. The monoisotopic (exact) mass is 533 g/mol. The van der Waals surface area contributed by atoms with Crippen molar-refractivity contribution in [1.82, 2.24) is 20.9 Å². The lowest BCUT2D eigenvalue weighted by molar-refractivity contribution is -0.147. The molecule has 0 saturated heterocycles. The predicted octanol–water partition coefficient (Wildman–Crippen LogP) is 2.45. The summed E-state index contributed by atoms with van der Waals surface area (Å²) in [5.41, 5.74) is 4.20. The molecule has 4 rings (SSSR count). The molecule has 3 atom stereocenters. The Bertz CT molecular complexity index is 1240. The van der Waals surface area contributed by atoms with E-state index in [0.717, 1.165) is 36.0 Å². The van der Waals surface area contributed by atoms with E-state index in [1.54, 1.807) is 18.0 Å². The summed E-state index contributed by atoms with van der Waals surface area (Å²) in [5, 5.41) is 11.6. The number of nitrogens with zero attached hydrogens (tertiary/aromatic N) is 1. The van der Waals surface area contributed by atoms with Crippen LogP contribution in [0.5, 0.6) is 0 Å². The fourth-order valence-corrected chi connectivity index (χ4v) is 5.57. The molecule has 0 aromatic heterocycles. The van der Waals surface area contributed by atoms with Gasteiger partial charge in [-0.25, -0.2) is 0 Å². The van der Waals surface area contributed by atoms with Crippen LogP contribution in [0.25, 0.3) is 0 Å². The molecule has 1 aliphatic heterocycles. The molecular formula is C30H39N5O4. The number of aryl methyl sites for hydroxylation is 1. The number of hydrogen-bond donors (Lipinski definition) is 4. The Morgan fingerprint density at radius 3 is 2.56 bits per heavy atom. The maximum absolute atomic E-state index is 14.1. The Kier molecular flexibility index (Phi) is 8.70. The number of fused-ring (bicyclic) bond motifs is 2. The largest absolute Gasteiger partial charge is 0.347 e. The first kappa shape index (κ1) is 28.3. The third-order valence-electron chi connectivity index (χ3n) is 7.59. The van der Waals surface area contributed by atoms with E-state index < -0.39 is 17.5 Å². The van der Waals surface area contributed by atoms with Gasteiger partial charge in [0.2, 0.25) is 24.1 Å². The molecule has 1 aliphatic carbocycles. The van der Waals surface area contributed by atoms with Crippen LogP contribution in [0.15, 0.2) is 42.5 Å². The number of benzene rings is 2. The molecule has 9 heteroatoms. The molecule has 9 nitrogen and oxygen atoms in total. The van der Waals surface area contributed by atoms with Gasteiger partial charge in [0.05, 0.1) is 12.6 Å². The molecule has 4 N–H and O–H groups in total. The number of amides is 4. The maximum atomic E-state index is 14.1. The molecule has 0 spiro atoms. The number of carbonyl (C=O) groups excluding carboxylic acids is 4. The number of hydrogen-bond acceptors (Lipinski definition) is 5. The molecule has 3 unspecified atom stereocenters. The third kappa shape index (κ3) is 6.47. The highest BCUT2D eigenvalue weighted by molar-refractivity contribution is 5.93. The van der Waals surface area contributed by atoms with Crippen molar-refractivity contribution in [2.75, 3.05) is 18.9 Å². The van der Waals surface area contributed by atoms with Crippen LogP contribution in [0, 0.1) is 5.41 Å². The Morgan fingerprint density at radius 1 is 1.08 bits per heavy atom. The molecule has 0 saturated carbocycles.